The van der Waals surface area contributed by atoms with Gasteiger partial charge in [0.05, 0.1) is 6.54 Å². The van der Waals surface area contributed by atoms with Gasteiger partial charge in [0, 0.05) is 6.54 Å². The van der Waals surface area contributed by atoms with Crippen LogP contribution in [0.15, 0.2) is 70.2 Å². The lowest BCUT2D eigenvalue weighted by Gasteiger charge is -2.12. The van der Waals surface area contributed by atoms with E-state index in [0.717, 1.165) is 16.7 Å². The van der Waals surface area contributed by atoms with Gasteiger partial charge in [0.25, 0.3) is 5.56 Å². The van der Waals surface area contributed by atoms with Crippen LogP contribution in [0.2, 0.25) is 0 Å². The van der Waals surface area contributed by atoms with E-state index in [9.17, 15) is 4.79 Å². The van der Waals surface area contributed by atoms with Crippen molar-refractivity contribution in [3.8, 4) is 5.88 Å². The van der Waals surface area contributed by atoms with Gasteiger partial charge in [-0.3, -0.25) is 9.36 Å². The van der Waals surface area contributed by atoms with E-state index in [1.165, 1.54) is 10.9 Å². The molecule has 128 valence electrons. The third-order valence-electron chi connectivity index (χ3n) is 3.85. The minimum Gasteiger partial charge on any atom is -0.472 e. The summed E-state index contributed by atoms with van der Waals surface area (Å²) in [6.45, 7) is 1.19. The van der Waals surface area contributed by atoms with Crippen molar-refractivity contribution in [1.82, 2.24) is 9.55 Å². The largest absolute Gasteiger partial charge is 0.472 e. The quantitative estimate of drug-likeness (QED) is 0.691. The van der Waals surface area contributed by atoms with Crippen molar-refractivity contribution in [3.63, 3.8) is 0 Å². The molecule has 0 amide bonds. The van der Waals surface area contributed by atoms with Crippen LogP contribution in [0.5, 0.6) is 5.88 Å². The Morgan fingerprint density at radius 2 is 1.72 bits per heavy atom. The summed E-state index contributed by atoms with van der Waals surface area (Å²) >= 11 is 3.31. The Balaban J connectivity index is 1.79. The van der Waals surface area contributed by atoms with Gasteiger partial charge in [-0.2, -0.15) is 0 Å². The normalized spacial score (nSPS) is 10.6. The summed E-state index contributed by atoms with van der Waals surface area (Å²) in [5, 5.41) is 0. The van der Waals surface area contributed by atoms with Gasteiger partial charge in [0.15, 0.2) is 0 Å². The maximum absolute atomic E-state index is 12.6. The van der Waals surface area contributed by atoms with Crippen molar-refractivity contribution in [1.29, 1.82) is 0 Å². The van der Waals surface area contributed by atoms with Crippen molar-refractivity contribution < 1.29 is 4.74 Å². The molecule has 6 heteroatoms. The number of benzene rings is 2. The first-order chi connectivity index (χ1) is 12.2. The molecule has 1 heterocycles. The van der Waals surface area contributed by atoms with Gasteiger partial charge in [-0.05, 0) is 32.6 Å². The standard InChI is InChI=1S/C19H18BrN3O2/c20-17-18(25-12-14-6-2-1-3-7-14)22-13-23(19(17)24)11-16-9-5-4-8-15(16)10-21/h1-9,13H,10-12,21H2. The van der Waals surface area contributed by atoms with Crippen LogP contribution in [0.4, 0.5) is 0 Å². The van der Waals surface area contributed by atoms with Crippen molar-refractivity contribution >= 4 is 15.9 Å². The Morgan fingerprint density at radius 3 is 2.44 bits per heavy atom. The molecule has 2 N–H and O–H groups in total. The molecule has 0 bridgehead atoms. The fourth-order valence-corrected chi connectivity index (χ4v) is 2.93. The molecule has 5 nitrogen and oxygen atoms in total. The van der Waals surface area contributed by atoms with E-state index in [4.69, 9.17) is 10.5 Å². The summed E-state index contributed by atoms with van der Waals surface area (Å²) in [7, 11) is 0. The van der Waals surface area contributed by atoms with E-state index in [1.807, 2.05) is 54.6 Å². The molecule has 0 saturated heterocycles. The molecule has 25 heavy (non-hydrogen) atoms. The Hall–Kier alpha value is -2.44. The molecular weight excluding hydrogens is 382 g/mol. The first kappa shape index (κ1) is 17.4. The van der Waals surface area contributed by atoms with Crippen LogP contribution < -0.4 is 16.0 Å². The third-order valence-corrected chi connectivity index (χ3v) is 4.53. The van der Waals surface area contributed by atoms with Crippen molar-refractivity contribution in [3.05, 3.63) is 92.4 Å². The number of hydrogen-bond donors (Lipinski definition) is 1. The number of rotatable bonds is 6. The van der Waals surface area contributed by atoms with E-state index in [2.05, 4.69) is 20.9 Å². The molecule has 0 radical (unpaired) electrons. The van der Waals surface area contributed by atoms with E-state index < -0.39 is 0 Å². The van der Waals surface area contributed by atoms with Crippen LogP contribution >= 0.6 is 15.9 Å². The Labute approximate surface area is 154 Å². The highest BCUT2D eigenvalue weighted by molar-refractivity contribution is 9.10. The second-order valence-electron chi connectivity index (χ2n) is 5.54. The lowest BCUT2D eigenvalue weighted by atomic mass is 10.1. The molecule has 0 unspecified atom stereocenters. The Morgan fingerprint density at radius 1 is 1.04 bits per heavy atom. The molecule has 3 rings (SSSR count). The predicted octanol–water partition coefficient (Wildman–Crippen LogP) is 3.09. The molecule has 0 saturated carbocycles. The lowest BCUT2D eigenvalue weighted by molar-refractivity contribution is 0.289. The molecule has 0 fully saturated rings. The van der Waals surface area contributed by atoms with Crippen LogP contribution in [0, 0.1) is 0 Å². The number of ether oxygens (including phenoxy) is 1. The summed E-state index contributed by atoms with van der Waals surface area (Å²) in [6, 6.07) is 17.5. The number of nitrogens with zero attached hydrogens (tertiary/aromatic N) is 2. The monoisotopic (exact) mass is 399 g/mol. The molecule has 0 spiro atoms. The average Bonchev–Trinajstić information content (AvgIpc) is 2.66. The lowest BCUT2D eigenvalue weighted by Crippen LogP contribution is -2.23. The Bertz CT molecular complexity index is 910. The summed E-state index contributed by atoms with van der Waals surface area (Å²) in [5.41, 5.74) is 8.59. The summed E-state index contributed by atoms with van der Waals surface area (Å²) < 4.78 is 7.51. The number of hydrogen-bond acceptors (Lipinski definition) is 4. The van der Waals surface area contributed by atoms with Gasteiger partial charge < -0.3 is 10.5 Å². The number of halogens is 1. The number of aromatic nitrogens is 2. The molecule has 0 aliphatic carbocycles. The fraction of sp³-hybridized carbons (Fsp3) is 0.158. The molecule has 0 atom stereocenters. The highest BCUT2D eigenvalue weighted by Gasteiger charge is 2.12. The van der Waals surface area contributed by atoms with E-state index >= 15 is 0 Å². The minimum atomic E-state index is -0.190. The fourth-order valence-electron chi connectivity index (χ4n) is 2.48. The zero-order chi connectivity index (χ0) is 17.6. The maximum Gasteiger partial charge on any atom is 0.271 e. The smallest absolute Gasteiger partial charge is 0.271 e. The topological polar surface area (TPSA) is 70.1 Å². The molecular formula is C19H18BrN3O2. The van der Waals surface area contributed by atoms with Gasteiger partial charge in [0.2, 0.25) is 5.88 Å². The molecule has 0 aliphatic rings. The van der Waals surface area contributed by atoms with Crippen LogP contribution in [-0.2, 0) is 19.7 Å². The first-order valence-corrected chi connectivity index (χ1v) is 8.67. The zero-order valence-corrected chi connectivity index (χ0v) is 15.1. The summed E-state index contributed by atoms with van der Waals surface area (Å²) in [6.07, 6.45) is 1.50. The van der Waals surface area contributed by atoms with Crippen LogP contribution in [0.25, 0.3) is 0 Å². The minimum absolute atomic E-state index is 0.190. The van der Waals surface area contributed by atoms with Gasteiger partial charge in [-0.25, -0.2) is 4.98 Å². The van der Waals surface area contributed by atoms with Crippen molar-refractivity contribution in [2.75, 3.05) is 0 Å². The zero-order valence-electron chi connectivity index (χ0n) is 13.6. The number of nitrogens with two attached hydrogens (primary N) is 1. The highest BCUT2D eigenvalue weighted by atomic mass is 79.9. The Kier molecular flexibility index (Phi) is 5.63. The second-order valence-corrected chi connectivity index (χ2v) is 6.34. The third kappa shape index (κ3) is 4.15. The SMILES string of the molecule is NCc1ccccc1Cn1cnc(OCc2ccccc2)c(Br)c1=O. The maximum atomic E-state index is 12.6. The summed E-state index contributed by atoms with van der Waals surface area (Å²) in [4.78, 5) is 16.8. The molecule has 2 aromatic carbocycles. The summed E-state index contributed by atoms with van der Waals surface area (Å²) in [5.74, 6) is 0.289. The predicted molar refractivity (Wildman–Crippen MR) is 100 cm³/mol. The van der Waals surface area contributed by atoms with Crippen molar-refractivity contribution in [2.24, 2.45) is 5.73 Å². The molecule has 3 aromatic rings. The molecule has 1 aromatic heterocycles. The van der Waals surface area contributed by atoms with E-state index in [1.54, 1.807) is 0 Å². The first-order valence-electron chi connectivity index (χ1n) is 7.87. The van der Waals surface area contributed by atoms with Gasteiger partial charge >= 0.3 is 0 Å². The van der Waals surface area contributed by atoms with Crippen molar-refractivity contribution in [2.45, 2.75) is 19.7 Å². The van der Waals surface area contributed by atoms with Gasteiger partial charge in [0.1, 0.15) is 17.4 Å². The van der Waals surface area contributed by atoms with Crippen LogP contribution in [0.1, 0.15) is 16.7 Å². The van der Waals surface area contributed by atoms with Crippen LogP contribution in [-0.4, -0.2) is 9.55 Å². The van der Waals surface area contributed by atoms with Gasteiger partial charge in [-0.15, -0.1) is 0 Å². The molecule has 0 aliphatic heterocycles. The van der Waals surface area contributed by atoms with Gasteiger partial charge in [-0.1, -0.05) is 54.6 Å². The van der Waals surface area contributed by atoms with E-state index in [-0.39, 0.29) is 11.4 Å². The second kappa shape index (κ2) is 8.09. The average molecular weight is 400 g/mol. The van der Waals surface area contributed by atoms with Crippen LogP contribution in [0.3, 0.4) is 0 Å². The van der Waals surface area contributed by atoms with E-state index in [0.29, 0.717) is 24.2 Å². The highest BCUT2D eigenvalue weighted by Crippen LogP contribution is 2.19.